The van der Waals surface area contributed by atoms with Crippen LogP contribution in [0.1, 0.15) is 173 Å². The highest BCUT2D eigenvalue weighted by Crippen LogP contribution is 2.03. The van der Waals surface area contributed by atoms with E-state index < -0.39 is 0 Å². The predicted octanol–water partition coefficient (Wildman–Crippen LogP) is 10.0. The van der Waals surface area contributed by atoms with Crippen LogP contribution in [0.4, 0.5) is 4.79 Å². The molecule has 0 fully saturated rings. The number of ether oxygens (including phenoxy) is 9. The van der Waals surface area contributed by atoms with Crippen LogP contribution in [-0.4, -0.2) is 143 Å². The highest BCUT2D eigenvalue weighted by molar-refractivity contribution is 5.66. The molecule has 1 unspecified atom stereocenters. The van der Waals surface area contributed by atoms with Gasteiger partial charge in [0.1, 0.15) is 13.6 Å². The van der Waals surface area contributed by atoms with Crippen molar-refractivity contribution >= 4 is 12.2 Å². The maximum Gasteiger partial charge on any atom is 0.406 e. The highest BCUT2D eigenvalue weighted by Gasteiger charge is 1.99. The van der Waals surface area contributed by atoms with Crippen molar-refractivity contribution in [3.8, 4) is 0 Å². The second-order valence-electron chi connectivity index (χ2n) is 12.7. The molecule has 0 aromatic carbocycles. The lowest BCUT2D eigenvalue weighted by atomic mass is 10.1. The number of amides is 1. The average molecular weight is 907 g/mol. The van der Waals surface area contributed by atoms with Crippen LogP contribution in [0.15, 0.2) is 0 Å². The van der Waals surface area contributed by atoms with E-state index >= 15 is 0 Å². The van der Waals surface area contributed by atoms with Crippen LogP contribution in [-0.2, 0) is 52.2 Å². The first-order valence-corrected chi connectivity index (χ1v) is 23.9. The van der Waals surface area contributed by atoms with E-state index in [2.05, 4.69) is 56.9 Å². The molecule has 0 saturated heterocycles. The van der Waals surface area contributed by atoms with Gasteiger partial charge in [-0.2, -0.15) is 9.59 Å². The molecule has 0 aliphatic heterocycles. The van der Waals surface area contributed by atoms with E-state index in [4.69, 9.17) is 47.5 Å². The summed E-state index contributed by atoms with van der Waals surface area (Å²) in [6.07, 6.45) is 14.5. The molecule has 382 valence electrons. The number of hydrogen-bond donors (Lipinski definition) is 3. The molecule has 0 aliphatic carbocycles. The van der Waals surface area contributed by atoms with Crippen LogP contribution in [0.5, 0.6) is 0 Å². The van der Waals surface area contributed by atoms with Crippen molar-refractivity contribution in [2.24, 2.45) is 0 Å². The van der Waals surface area contributed by atoms with Gasteiger partial charge in [-0.25, -0.2) is 4.79 Å². The lowest BCUT2D eigenvalue weighted by molar-refractivity contribution is -0.191. The van der Waals surface area contributed by atoms with Gasteiger partial charge in [0.05, 0.1) is 32.5 Å². The monoisotopic (exact) mass is 907 g/mol. The summed E-state index contributed by atoms with van der Waals surface area (Å²) in [6.45, 7) is 39.6. The minimum atomic E-state index is -0.355. The molecule has 0 rings (SSSR count). The van der Waals surface area contributed by atoms with Gasteiger partial charge in [-0.05, 0) is 92.5 Å². The number of nitrogens with one attached hydrogen (secondary N) is 2. The Morgan fingerprint density at radius 3 is 1.31 bits per heavy atom. The zero-order valence-electron chi connectivity index (χ0n) is 43.1. The second kappa shape index (κ2) is 94.0. The molecule has 3 N–H and O–H groups in total. The first-order chi connectivity index (χ1) is 30.1. The summed E-state index contributed by atoms with van der Waals surface area (Å²) in [4.78, 5) is 26.5. The summed E-state index contributed by atoms with van der Waals surface area (Å²) >= 11 is 0. The molecule has 1 atom stereocenters. The molecule has 0 aliphatic rings. The van der Waals surface area contributed by atoms with Gasteiger partial charge in [0.25, 0.3) is 0 Å². The van der Waals surface area contributed by atoms with Crippen molar-refractivity contribution in [1.82, 2.24) is 10.6 Å². The molecular formula is C47H106N2O13. The first-order valence-electron chi connectivity index (χ1n) is 23.9. The summed E-state index contributed by atoms with van der Waals surface area (Å²) in [5.74, 6) is 0. The quantitative estimate of drug-likeness (QED) is 0.0410. The number of likely N-dealkylation sites (N-methyl/N-ethyl adjacent to an activating group) is 1. The van der Waals surface area contributed by atoms with Crippen molar-refractivity contribution in [3.63, 3.8) is 0 Å². The summed E-state index contributed by atoms with van der Waals surface area (Å²) in [7, 11) is 1.54. The standard InChI is InChI=1S/C9H20O2.C8H18O3.C8H18O2.C6H15NO.C5H11NO2.C5H12O.C5H12.CO2/c1-3-9(10)7-5-6-8-11-4-2;1-3-5-10-6-7-11-8-9-4-2;1-3-5-6-7-10-8-9-4-2;1-3-7-5-6-8-4-2;1-3-4-8-5(7)6-2;1-3-5-6-4-2;1-3-5-4-2;2-1-3/h9-10H,3-8H2,1-2H3;3-8H2,1-2H3;3-8H2,1-2H3;7H,3-6H2,1-2H3;3-4H2,1-2H3,(H,6,7);3-5H2,1-2H3;3-5H2,1-2H3;. The molecule has 0 radical (unpaired) electrons. The van der Waals surface area contributed by atoms with Crippen LogP contribution in [0.2, 0.25) is 0 Å². The SMILES string of the molecule is CCCCC.CCCCCOCOCC.CCCOC(=O)NC.CCCOCC.CCCOCCOCOCC.CCNCCOCC.CCOCCCCC(O)CC.O=C=O. The number of carbonyl (C=O) groups excluding carboxylic acids is 3. The second-order valence-corrected chi connectivity index (χ2v) is 12.7. The number of carbonyl (C=O) groups is 1. The molecule has 1 amide bonds. The van der Waals surface area contributed by atoms with Crippen LogP contribution < -0.4 is 10.6 Å². The number of unbranched alkanes of at least 4 members (excludes halogenated alkanes) is 5. The normalized spacial score (nSPS) is 9.85. The highest BCUT2D eigenvalue weighted by atomic mass is 16.7. The fourth-order valence-electron chi connectivity index (χ4n) is 3.53. The summed E-state index contributed by atoms with van der Waals surface area (Å²) in [5, 5.41) is 14.7. The van der Waals surface area contributed by atoms with Gasteiger partial charge < -0.3 is 58.4 Å². The lowest BCUT2D eigenvalue weighted by Gasteiger charge is -2.06. The van der Waals surface area contributed by atoms with Crippen LogP contribution in [0.3, 0.4) is 0 Å². The fraction of sp³-hybridized carbons (Fsp3) is 0.957. The Morgan fingerprint density at radius 2 is 0.903 bits per heavy atom. The Kier molecular flexibility index (Phi) is 117. The van der Waals surface area contributed by atoms with Crippen molar-refractivity contribution < 1.29 is 62.1 Å². The summed E-state index contributed by atoms with van der Waals surface area (Å²) < 4.78 is 45.2. The lowest BCUT2D eigenvalue weighted by Crippen LogP contribution is -2.19. The maximum atomic E-state index is 10.2. The molecule has 0 saturated carbocycles. The topological polar surface area (TPSA) is 179 Å². The van der Waals surface area contributed by atoms with E-state index in [9.17, 15) is 9.90 Å². The predicted molar refractivity (Wildman–Crippen MR) is 255 cm³/mol. The molecule has 15 heteroatoms. The van der Waals surface area contributed by atoms with Gasteiger partial charge in [0.15, 0.2) is 0 Å². The third-order valence-corrected chi connectivity index (χ3v) is 6.88. The smallest absolute Gasteiger partial charge is 0.406 e. The molecule has 0 spiro atoms. The van der Waals surface area contributed by atoms with Crippen LogP contribution >= 0.6 is 0 Å². The van der Waals surface area contributed by atoms with Crippen molar-refractivity contribution in [3.05, 3.63) is 0 Å². The molecule has 0 heterocycles. The minimum absolute atomic E-state index is 0.100. The van der Waals surface area contributed by atoms with E-state index in [0.717, 1.165) is 124 Å². The fourth-order valence-corrected chi connectivity index (χ4v) is 3.53. The third-order valence-electron chi connectivity index (χ3n) is 6.88. The van der Waals surface area contributed by atoms with E-state index in [1.165, 1.54) is 39.2 Å². The van der Waals surface area contributed by atoms with Gasteiger partial charge in [0.2, 0.25) is 0 Å². The van der Waals surface area contributed by atoms with Crippen LogP contribution in [0, 0.1) is 0 Å². The van der Waals surface area contributed by atoms with Gasteiger partial charge in [0, 0.05) is 73.1 Å². The Labute approximate surface area is 383 Å². The molecule has 0 aromatic rings. The number of aliphatic hydroxyl groups is 1. The summed E-state index contributed by atoms with van der Waals surface area (Å²) in [5.41, 5.74) is 0. The largest absolute Gasteiger partial charge is 0.450 e. The van der Waals surface area contributed by atoms with Crippen molar-refractivity contribution in [1.29, 1.82) is 0 Å². The third kappa shape index (κ3) is 130. The number of aliphatic hydroxyl groups excluding tert-OH is 1. The van der Waals surface area contributed by atoms with Crippen molar-refractivity contribution in [2.75, 3.05) is 120 Å². The Hall–Kier alpha value is -1.75. The van der Waals surface area contributed by atoms with Gasteiger partial charge >= 0.3 is 12.2 Å². The molecule has 0 aromatic heterocycles. The molecule has 0 bridgehead atoms. The van der Waals surface area contributed by atoms with Gasteiger partial charge in [-0.1, -0.05) is 87.5 Å². The molecular weight excluding hydrogens is 801 g/mol. The number of rotatable bonds is 34. The van der Waals surface area contributed by atoms with Crippen LogP contribution in [0.25, 0.3) is 0 Å². The maximum absolute atomic E-state index is 10.2. The minimum Gasteiger partial charge on any atom is -0.450 e. The van der Waals surface area contributed by atoms with Gasteiger partial charge in [-0.3, -0.25) is 0 Å². The number of alkyl carbamates (subject to hydrolysis) is 1. The molecule has 62 heavy (non-hydrogen) atoms. The Bertz CT molecular complexity index is 666. The summed E-state index contributed by atoms with van der Waals surface area (Å²) in [6, 6.07) is 0. The average Bonchev–Trinajstić information content (AvgIpc) is 3.29. The van der Waals surface area contributed by atoms with E-state index in [1.807, 2.05) is 48.5 Å². The molecule has 15 nitrogen and oxygen atoms in total. The van der Waals surface area contributed by atoms with Crippen molar-refractivity contribution in [2.45, 2.75) is 180 Å². The zero-order chi connectivity index (χ0) is 48.9. The first kappa shape index (κ1) is 77.5. The van der Waals surface area contributed by atoms with E-state index in [1.54, 1.807) is 0 Å². The zero-order valence-corrected chi connectivity index (χ0v) is 43.1. The Morgan fingerprint density at radius 1 is 0.484 bits per heavy atom. The Balaban J connectivity index is -0.0000000916. The van der Waals surface area contributed by atoms with Gasteiger partial charge in [-0.15, -0.1) is 0 Å². The number of hydrogen-bond acceptors (Lipinski definition) is 14. The van der Waals surface area contributed by atoms with E-state index in [-0.39, 0.29) is 18.3 Å². The van der Waals surface area contributed by atoms with E-state index in [0.29, 0.717) is 40.0 Å².